The summed E-state index contributed by atoms with van der Waals surface area (Å²) in [7, 11) is -3.18. The van der Waals surface area contributed by atoms with Crippen molar-refractivity contribution in [1.82, 2.24) is 0 Å². The molecular formula is C23H34Si2. The van der Waals surface area contributed by atoms with Crippen LogP contribution in [0, 0.1) is 0 Å². The fourth-order valence-corrected chi connectivity index (χ4v) is 10.5. The van der Waals surface area contributed by atoms with Crippen molar-refractivity contribution in [3.63, 3.8) is 0 Å². The van der Waals surface area contributed by atoms with E-state index in [0.29, 0.717) is 0 Å². The van der Waals surface area contributed by atoms with Crippen LogP contribution in [0.2, 0.25) is 26.2 Å². The molecule has 2 rings (SSSR count). The highest BCUT2D eigenvalue weighted by Crippen LogP contribution is 2.24. The van der Waals surface area contributed by atoms with Crippen molar-refractivity contribution in [2.24, 2.45) is 0 Å². The Bertz CT molecular complexity index is 670. The molecule has 0 nitrogen and oxygen atoms in total. The van der Waals surface area contributed by atoms with E-state index in [9.17, 15) is 0 Å². The van der Waals surface area contributed by atoms with Gasteiger partial charge in [-0.3, -0.25) is 0 Å². The van der Waals surface area contributed by atoms with Crippen molar-refractivity contribution in [2.45, 2.75) is 58.8 Å². The predicted molar refractivity (Wildman–Crippen MR) is 119 cm³/mol. The van der Waals surface area contributed by atoms with Crippen molar-refractivity contribution < 1.29 is 0 Å². The number of benzene rings is 2. The highest BCUT2D eigenvalue weighted by atomic mass is 28.3. The summed E-state index contributed by atoms with van der Waals surface area (Å²) < 4.78 is 0. The summed E-state index contributed by atoms with van der Waals surface area (Å²) in [4.78, 5) is 0. The SMILES string of the molecule is CCCCC/C(=C/[Si](C)(C)c1ccccc1)[Si](C)(C)c1ccccc1. The van der Waals surface area contributed by atoms with Gasteiger partial charge in [0, 0.05) is 0 Å². The maximum Gasteiger partial charge on any atom is 0.106 e. The van der Waals surface area contributed by atoms with Gasteiger partial charge >= 0.3 is 0 Å². The maximum absolute atomic E-state index is 2.73. The standard InChI is InChI=1S/C23H34Si2/c1-6-7-10-19-23(25(4,5)22-17-13-9-14-18-22)20-24(2,3)21-15-11-8-12-16-21/h8-9,11-18,20H,6-7,10,19H2,1-5H3/b23-20-. The molecule has 134 valence electrons. The molecule has 0 heterocycles. The first-order valence-electron chi connectivity index (χ1n) is 9.71. The first kappa shape index (κ1) is 19.9. The molecule has 2 aromatic rings. The van der Waals surface area contributed by atoms with E-state index in [4.69, 9.17) is 0 Å². The summed E-state index contributed by atoms with van der Waals surface area (Å²) in [6, 6.07) is 22.4. The van der Waals surface area contributed by atoms with Crippen LogP contribution < -0.4 is 10.4 Å². The lowest BCUT2D eigenvalue weighted by Crippen LogP contribution is -2.47. The Morgan fingerprint density at radius 1 is 0.760 bits per heavy atom. The first-order chi connectivity index (χ1) is 11.9. The second-order valence-corrected chi connectivity index (χ2v) is 17.0. The zero-order valence-electron chi connectivity index (χ0n) is 16.7. The molecule has 0 aliphatic carbocycles. The van der Waals surface area contributed by atoms with Crippen molar-refractivity contribution in [1.29, 1.82) is 0 Å². The fraction of sp³-hybridized carbons (Fsp3) is 0.391. The van der Waals surface area contributed by atoms with Gasteiger partial charge in [-0.05, 0) is 12.8 Å². The Morgan fingerprint density at radius 2 is 1.28 bits per heavy atom. The van der Waals surface area contributed by atoms with Crippen LogP contribution in [0.3, 0.4) is 0 Å². The van der Waals surface area contributed by atoms with Crippen LogP contribution in [-0.4, -0.2) is 16.1 Å². The van der Waals surface area contributed by atoms with Crippen LogP contribution in [0.15, 0.2) is 71.6 Å². The lowest BCUT2D eigenvalue weighted by molar-refractivity contribution is 0.723. The van der Waals surface area contributed by atoms with E-state index in [-0.39, 0.29) is 0 Å². The Hall–Kier alpha value is -1.39. The molecule has 0 saturated carbocycles. The number of unbranched alkanes of at least 4 members (excludes halogenated alkanes) is 2. The maximum atomic E-state index is 2.73. The smallest absolute Gasteiger partial charge is 0.0946 e. The van der Waals surface area contributed by atoms with Crippen LogP contribution in [0.4, 0.5) is 0 Å². The molecule has 0 aliphatic rings. The van der Waals surface area contributed by atoms with Gasteiger partial charge in [-0.25, -0.2) is 0 Å². The Kier molecular flexibility index (Phi) is 7.03. The lowest BCUT2D eigenvalue weighted by Gasteiger charge is -2.31. The third-order valence-corrected chi connectivity index (χ3v) is 12.4. The van der Waals surface area contributed by atoms with Gasteiger partial charge in [0.15, 0.2) is 0 Å². The topological polar surface area (TPSA) is 0 Å². The summed E-state index contributed by atoms with van der Waals surface area (Å²) in [6.07, 6.45) is 5.22. The lowest BCUT2D eigenvalue weighted by atomic mass is 10.2. The molecule has 0 unspecified atom stereocenters. The normalized spacial score (nSPS) is 13.1. The van der Waals surface area contributed by atoms with E-state index in [1.165, 1.54) is 25.7 Å². The van der Waals surface area contributed by atoms with Crippen LogP contribution >= 0.6 is 0 Å². The van der Waals surface area contributed by atoms with E-state index in [0.717, 1.165) is 0 Å². The quantitative estimate of drug-likeness (QED) is 0.409. The molecule has 0 amide bonds. The monoisotopic (exact) mass is 366 g/mol. The highest BCUT2D eigenvalue weighted by Gasteiger charge is 2.31. The van der Waals surface area contributed by atoms with Crippen LogP contribution in [0.25, 0.3) is 0 Å². The zero-order valence-corrected chi connectivity index (χ0v) is 18.7. The second-order valence-electron chi connectivity index (χ2n) is 8.21. The van der Waals surface area contributed by atoms with Crippen molar-refractivity contribution >= 4 is 26.5 Å². The molecule has 2 aromatic carbocycles. The number of rotatable bonds is 8. The minimum Gasteiger partial charge on any atom is -0.0946 e. The van der Waals surface area contributed by atoms with Gasteiger partial charge < -0.3 is 0 Å². The van der Waals surface area contributed by atoms with Crippen molar-refractivity contribution in [2.75, 3.05) is 0 Å². The predicted octanol–water partition coefficient (Wildman–Crippen LogP) is 5.80. The average molecular weight is 367 g/mol. The molecule has 25 heavy (non-hydrogen) atoms. The molecule has 0 aliphatic heterocycles. The van der Waals surface area contributed by atoms with Crippen LogP contribution in [-0.2, 0) is 0 Å². The molecular weight excluding hydrogens is 332 g/mol. The highest BCUT2D eigenvalue weighted by molar-refractivity contribution is 6.99. The van der Waals surface area contributed by atoms with E-state index < -0.39 is 16.1 Å². The number of hydrogen-bond acceptors (Lipinski definition) is 0. The largest absolute Gasteiger partial charge is 0.106 e. The first-order valence-corrected chi connectivity index (χ1v) is 15.8. The fourth-order valence-electron chi connectivity index (χ4n) is 3.56. The Balaban J connectivity index is 2.41. The van der Waals surface area contributed by atoms with Gasteiger partial charge in [-0.15, -0.1) is 0 Å². The van der Waals surface area contributed by atoms with Gasteiger partial charge in [0.2, 0.25) is 0 Å². The van der Waals surface area contributed by atoms with Gasteiger partial charge in [-0.2, -0.15) is 0 Å². The molecule has 0 atom stereocenters. The minimum atomic E-state index is -1.61. The van der Waals surface area contributed by atoms with E-state index in [1.807, 2.05) is 0 Å². The third kappa shape index (κ3) is 5.29. The van der Waals surface area contributed by atoms with Crippen molar-refractivity contribution in [3.05, 3.63) is 71.6 Å². The van der Waals surface area contributed by atoms with E-state index in [2.05, 4.69) is 99.5 Å². The minimum absolute atomic E-state index is 1.27. The molecule has 0 N–H and O–H groups in total. The van der Waals surface area contributed by atoms with E-state index in [1.54, 1.807) is 15.6 Å². The zero-order chi connectivity index (χ0) is 18.3. The average Bonchev–Trinajstić information content (AvgIpc) is 2.62. The molecule has 2 heteroatoms. The summed E-state index contributed by atoms with van der Waals surface area (Å²) >= 11 is 0. The summed E-state index contributed by atoms with van der Waals surface area (Å²) in [5.74, 6) is 0. The van der Waals surface area contributed by atoms with Gasteiger partial charge in [0.1, 0.15) is 16.1 Å². The van der Waals surface area contributed by atoms with Crippen LogP contribution in [0.5, 0.6) is 0 Å². The molecule has 0 spiro atoms. The van der Waals surface area contributed by atoms with Gasteiger partial charge in [0.25, 0.3) is 0 Å². The van der Waals surface area contributed by atoms with Gasteiger partial charge in [-0.1, -0.05) is 128 Å². The molecule has 0 fully saturated rings. The molecule has 0 saturated heterocycles. The Labute approximate surface area is 157 Å². The summed E-state index contributed by atoms with van der Waals surface area (Å²) in [6.45, 7) is 12.4. The molecule has 0 radical (unpaired) electrons. The van der Waals surface area contributed by atoms with Gasteiger partial charge in [0.05, 0.1) is 0 Å². The molecule has 0 bridgehead atoms. The summed E-state index contributed by atoms with van der Waals surface area (Å²) in [5, 5.41) is 4.86. The number of allylic oxidation sites excluding steroid dienone is 1. The van der Waals surface area contributed by atoms with Crippen molar-refractivity contribution in [3.8, 4) is 0 Å². The molecule has 0 aromatic heterocycles. The second kappa shape index (κ2) is 8.82. The summed E-state index contributed by atoms with van der Waals surface area (Å²) in [5.41, 5.74) is 2.73. The van der Waals surface area contributed by atoms with E-state index >= 15 is 0 Å². The van der Waals surface area contributed by atoms with Crippen LogP contribution in [0.1, 0.15) is 32.6 Å². The Morgan fingerprint density at radius 3 is 1.80 bits per heavy atom. The number of hydrogen-bond donors (Lipinski definition) is 0. The third-order valence-electron chi connectivity index (χ3n) is 5.40.